The highest BCUT2D eigenvalue weighted by molar-refractivity contribution is 7.80. The molecule has 1 saturated carbocycles. The fraction of sp³-hybridized carbons (Fsp3) is 0.583. The molecule has 4 heteroatoms. The maximum absolute atomic E-state index is 5.32. The lowest BCUT2D eigenvalue weighted by molar-refractivity contribution is 0.583. The van der Waals surface area contributed by atoms with Crippen LogP contribution in [0.5, 0.6) is 0 Å². The Morgan fingerprint density at radius 2 is 2.44 bits per heavy atom. The number of thiocarbonyl (C=S) groups is 1. The van der Waals surface area contributed by atoms with E-state index in [-0.39, 0.29) is 0 Å². The molecule has 1 aliphatic rings. The normalized spacial score (nSPS) is 16.8. The quantitative estimate of drug-likeness (QED) is 0.789. The second kappa shape index (κ2) is 5.64. The van der Waals surface area contributed by atoms with E-state index in [0.29, 0.717) is 12.1 Å². The van der Waals surface area contributed by atoms with Crippen molar-refractivity contribution in [2.75, 3.05) is 0 Å². The lowest BCUT2D eigenvalue weighted by Crippen LogP contribution is -2.38. The molecule has 0 amide bonds. The third kappa shape index (κ3) is 3.46. The minimum absolute atomic E-state index is 0.378. The Morgan fingerprint density at radius 3 is 3.00 bits per heavy atom. The summed E-state index contributed by atoms with van der Waals surface area (Å²) >= 11 is 7.11. The molecule has 1 aromatic rings. The van der Waals surface area contributed by atoms with Crippen molar-refractivity contribution >= 4 is 28.7 Å². The molecule has 2 rings (SSSR count). The van der Waals surface area contributed by atoms with Gasteiger partial charge in [-0.15, -0.1) is 11.3 Å². The molecule has 0 aromatic carbocycles. The Kier molecular flexibility index (Phi) is 4.18. The lowest BCUT2D eigenvalue weighted by atomic mass is 10.1. The van der Waals surface area contributed by atoms with Crippen LogP contribution in [0.25, 0.3) is 0 Å². The summed E-state index contributed by atoms with van der Waals surface area (Å²) in [6, 6.07) is 5.29. The van der Waals surface area contributed by atoms with E-state index in [1.165, 1.54) is 24.1 Å². The summed E-state index contributed by atoms with van der Waals surface area (Å²) in [6.45, 7) is 2.21. The summed E-state index contributed by atoms with van der Waals surface area (Å²) in [7, 11) is 0. The third-order valence-electron chi connectivity index (χ3n) is 2.68. The Morgan fingerprint density at radius 1 is 1.62 bits per heavy atom. The van der Waals surface area contributed by atoms with Gasteiger partial charge in [0.15, 0.2) is 5.11 Å². The Balaban J connectivity index is 1.88. The van der Waals surface area contributed by atoms with Gasteiger partial charge >= 0.3 is 0 Å². The monoisotopic (exact) mass is 254 g/mol. The van der Waals surface area contributed by atoms with E-state index in [4.69, 9.17) is 12.2 Å². The third-order valence-corrected chi connectivity index (χ3v) is 3.90. The molecule has 0 bridgehead atoms. The van der Waals surface area contributed by atoms with Gasteiger partial charge in [-0.1, -0.05) is 19.4 Å². The van der Waals surface area contributed by atoms with Gasteiger partial charge in [0, 0.05) is 10.9 Å². The molecule has 0 aliphatic heterocycles. The van der Waals surface area contributed by atoms with Crippen LogP contribution in [0.3, 0.4) is 0 Å². The summed E-state index contributed by atoms with van der Waals surface area (Å²) in [5.41, 5.74) is 0. The lowest BCUT2D eigenvalue weighted by Gasteiger charge is -2.19. The molecular formula is C12H18N2S2. The molecule has 2 N–H and O–H groups in total. The van der Waals surface area contributed by atoms with E-state index in [2.05, 4.69) is 35.1 Å². The fourth-order valence-electron chi connectivity index (χ4n) is 1.68. The van der Waals surface area contributed by atoms with Crippen LogP contribution < -0.4 is 10.6 Å². The summed E-state index contributed by atoms with van der Waals surface area (Å²) < 4.78 is 0. The van der Waals surface area contributed by atoms with Crippen LogP contribution >= 0.6 is 23.6 Å². The van der Waals surface area contributed by atoms with Gasteiger partial charge in [-0.3, -0.25) is 0 Å². The molecule has 1 aliphatic carbocycles. The van der Waals surface area contributed by atoms with Crippen molar-refractivity contribution in [2.24, 2.45) is 0 Å². The van der Waals surface area contributed by atoms with Gasteiger partial charge in [0.1, 0.15) is 0 Å². The first-order valence-electron chi connectivity index (χ1n) is 5.90. The Labute approximate surface area is 106 Å². The number of rotatable bonds is 5. The molecule has 0 saturated heterocycles. The van der Waals surface area contributed by atoms with E-state index in [0.717, 1.165) is 11.5 Å². The SMILES string of the molecule is CCCC(NC(=S)NC1CC1)c1cccs1. The van der Waals surface area contributed by atoms with Crippen molar-refractivity contribution in [2.45, 2.75) is 44.7 Å². The van der Waals surface area contributed by atoms with Gasteiger partial charge in [0.05, 0.1) is 6.04 Å². The summed E-state index contributed by atoms with van der Waals surface area (Å²) in [5.74, 6) is 0. The smallest absolute Gasteiger partial charge is 0.167 e. The van der Waals surface area contributed by atoms with Crippen molar-refractivity contribution in [1.29, 1.82) is 0 Å². The van der Waals surface area contributed by atoms with Crippen LogP contribution in [0.2, 0.25) is 0 Å². The van der Waals surface area contributed by atoms with Gasteiger partial charge in [-0.25, -0.2) is 0 Å². The molecule has 1 aromatic heterocycles. The number of thiophene rings is 1. The molecule has 2 nitrogen and oxygen atoms in total. The second-order valence-corrected chi connectivity index (χ2v) is 5.64. The first kappa shape index (κ1) is 11.9. The van der Waals surface area contributed by atoms with Crippen molar-refractivity contribution in [3.8, 4) is 0 Å². The number of hydrogen-bond acceptors (Lipinski definition) is 2. The molecule has 16 heavy (non-hydrogen) atoms. The van der Waals surface area contributed by atoms with Gasteiger partial charge < -0.3 is 10.6 Å². The largest absolute Gasteiger partial charge is 0.360 e. The van der Waals surface area contributed by atoms with E-state index in [9.17, 15) is 0 Å². The van der Waals surface area contributed by atoms with Crippen LogP contribution in [-0.2, 0) is 0 Å². The van der Waals surface area contributed by atoms with Crippen LogP contribution in [0, 0.1) is 0 Å². The first-order valence-corrected chi connectivity index (χ1v) is 7.19. The summed E-state index contributed by atoms with van der Waals surface area (Å²) in [6.07, 6.45) is 4.83. The zero-order valence-electron chi connectivity index (χ0n) is 9.53. The van der Waals surface area contributed by atoms with Gasteiger partial charge in [0.2, 0.25) is 0 Å². The Hall–Kier alpha value is -0.610. The molecular weight excluding hydrogens is 236 g/mol. The predicted molar refractivity (Wildman–Crippen MR) is 73.9 cm³/mol. The van der Waals surface area contributed by atoms with E-state index < -0.39 is 0 Å². The first-order chi connectivity index (χ1) is 7.79. The second-order valence-electron chi connectivity index (χ2n) is 4.25. The molecule has 0 radical (unpaired) electrons. The van der Waals surface area contributed by atoms with Crippen molar-refractivity contribution in [1.82, 2.24) is 10.6 Å². The highest BCUT2D eigenvalue weighted by atomic mass is 32.1. The minimum Gasteiger partial charge on any atom is -0.360 e. The average Bonchev–Trinajstić information content (AvgIpc) is 2.90. The molecule has 0 spiro atoms. The predicted octanol–water partition coefficient (Wildman–Crippen LogP) is 3.22. The van der Waals surface area contributed by atoms with E-state index in [1.807, 2.05) is 0 Å². The zero-order valence-corrected chi connectivity index (χ0v) is 11.2. The topological polar surface area (TPSA) is 24.1 Å². The summed E-state index contributed by atoms with van der Waals surface area (Å²) in [4.78, 5) is 1.38. The summed E-state index contributed by atoms with van der Waals surface area (Å²) in [5, 5.41) is 9.69. The number of hydrogen-bond donors (Lipinski definition) is 2. The van der Waals surface area contributed by atoms with Crippen LogP contribution in [0.4, 0.5) is 0 Å². The maximum Gasteiger partial charge on any atom is 0.167 e. The molecule has 1 unspecified atom stereocenters. The average molecular weight is 254 g/mol. The van der Waals surface area contributed by atoms with E-state index >= 15 is 0 Å². The number of nitrogens with one attached hydrogen (secondary N) is 2. The minimum atomic E-state index is 0.378. The van der Waals surface area contributed by atoms with Gasteiger partial charge in [-0.05, 0) is 42.9 Å². The molecule has 1 fully saturated rings. The zero-order chi connectivity index (χ0) is 11.4. The maximum atomic E-state index is 5.32. The van der Waals surface area contributed by atoms with Crippen molar-refractivity contribution < 1.29 is 0 Å². The van der Waals surface area contributed by atoms with Gasteiger partial charge in [0.25, 0.3) is 0 Å². The highest BCUT2D eigenvalue weighted by Gasteiger charge is 2.22. The fourth-order valence-corrected chi connectivity index (χ4v) is 2.80. The van der Waals surface area contributed by atoms with Crippen LogP contribution in [-0.4, -0.2) is 11.2 Å². The highest BCUT2D eigenvalue weighted by Crippen LogP contribution is 2.24. The molecule has 1 atom stereocenters. The molecule has 1 heterocycles. The molecule has 88 valence electrons. The van der Waals surface area contributed by atoms with Crippen molar-refractivity contribution in [3.05, 3.63) is 22.4 Å². The van der Waals surface area contributed by atoms with Gasteiger partial charge in [-0.2, -0.15) is 0 Å². The Bertz CT molecular complexity index is 331. The van der Waals surface area contributed by atoms with E-state index in [1.54, 1.807) is 11.3 Å². The van der Waals surface area contributed by atoms with Crippen LogP contribution in [0.15, 0.2) is 17.5 Å². The standard InChI is InChI=1S/C12H18N2S2/c1-2-4-10(11-5-3-8-16-11)14-12(15)13-9-6-7-9/h3,5,8-10H,2,4,6-7H2,1H3,(H2,13,14,15). The van der Waals surface area contributed by atoms with Crippen molar-refractivity contribution in [3.63, 3.8) is 0 Å². The van der Waals surface area contributed by atoms with Crippen LogP contribution in [0.1, 0.15) is 43.5 Å².